The zero-order valence-electron chi connectivity index (χ0n) is 39.4. The van der Waals surface area contributed by atoms with Gasteiger partial charge >= 0.3 is 24.4 Å². The first-order valence-electron chi connectivity index (χ1n) is 23.2. The van der Waals surface area contributed by atoms with Gasteiger partial charge in [0.15, 0.2) is 6.61 Å². The number of rotatable bonds is 28. The number of fused-ring (bicyclic) bond motifs is 3. The molecule has 392 valence electrons. The van der Waals surface area contributed by atoms with E-state index in [4.69, 9.17) is 24.8 Å². The van der Waals surface area contributed by atoms with Gasteiger partial charge in [0.05, 0.1) is 13.1 Å². The number of carbonyl (C=O) groups is 12. The van der Waals surface area contributed by atoms with Gasteiger partial charge in [-0.05, 0) is 60.8 Å². The van der Waals surface area contributed by atoms with E-state index in [1.54, 1.807) is 0 Å². The van der Waals surface area contributed by atoms with Crippen molar-refractivity contribution in [3.8, 4) is 11.1 Å². The number of carbonyl (C=O) groups excluding carboxylic acids is 12. The van der Waals surface area contributed by atoms with Gasteiger partial charge in [-0.25, -0.2) is 19.2 Å². The molecule has 27 heteroatoms. The maximum absolute atomic E-state index is 13.5. The van der Waals surface area contributed by atoms with Gasteiger partial charge in [-0.2, -0.15) is 5.48 Å². The first kappa shape index (κ1) is 55.3. The molecule has 0 unspecified atom stereocenters. The first-order chi connectivity index (χ1) is 35.1. The molecule has 27 nitrogen and oxygen atoms in total. The number of benzene rings is 2. The number of imide groups is 2. The third kappa shape index (κ3) is 17.6. The molecule has 0 radical (unpaired) electrons. The molecule has 2 aliphatic heterocycles. The fourth-order valence-corrected chi connectivity index (χ4v) is 7.46. The van der Waals surface area contributed by atoms with Gasteiger partial charge in [0.2, 0.25) is 23.6 Å². The Morgan fingerprint density at radius 3 is 1.75 bits per heavy atom. The second-order valence-electron chi connectivity index (χ2n) is 16.3. The number of unbranched alkanes of at least 4 members (excludes halogenated alkanes) is 2. The van der Waals surface area contributed by atoms with Crippen molar-refractivity contribution in [2.45, 2.75) is 69.4 Å². The zero-order chi connectivity index (χ0) is 52.7. The number of hydrogen-bond acceptors (Lipinski definition) is 17. The summed E-state index contributed by atoms with van der Waals surface area (Å²) in [6.45, 7) is -2.00. The van der Waals surface area contributed by atoms with E-state index in [1.165, 1.54) is 0 Å². The molecule has 1 fully saturated rings. The van der Waals surface area contributed by atoms with Crippen LogP contribution >= 0.6 is 0 Å². The van der Waals surface area contributed by atoms with Crippen LogP contribution in [0.15, 0.2) is 60.7 Å². The van der Waals surface area contributed by atoms with Crippen LogP contribution in [0.1, 0.15) is 68.4 Å². The lowest BCUT2D eigenvalue weighted by Crippen LogP contribution is -2.53. The highest BCUT2D eigenvalue weighted by Gasteiger charge is 2.33. The fraction of sp³-hybridized carbons (Fsp3) is 0.435. The molecule has 5 rings (SSSR count). The van der Waals surface area contributed by atoms with E-state index >= 15 is 0 Å². The van der Waals surface area contributed by atoms with Gasteiger partial charge in [-0.15, -0.1) is 5.06 Å². The SMILES string of the molecule is NC(=O)[C@H](CCCCNC(=O)CN1C(=O)C=CC1=O)NC(=O)[C@H](CCCCNC(=O)CONC(=O)OCC1c2ccccc2-c2ccccc21)NC(=O)OCCNC(=O)OCCNC(=O)ON1C(=O)CCC1=O. The van der Waals surface area contributed by atoms with Crippen LogP contribution < -0.4 is 43.1 Å². The molecule has 2 aromatic carbocycles. The molecule has 73 heavy (non-hydrogen) atoms. The average Bonchev–Trinajstić information content (AvgIpc) is 3.98. The van der Waals surface area contributed by atoms with Crippen LogP contribution in [0.2, 0.25) is 0 Å². The van der Waals surface area contributed by atoms with Gasteiger partial charge in [-0.1, -0.05) is 48.5 Å². The summed E-state index contributed by atoms with van der Waals surface area (Å²) < 4.78 is 15.4. The van der Waals surface area contributed by atoms with Crippen molar-refractivity contribution in [2.24, 2.45) is 5.73 Å². The number of nitrogens with zero attached hydrogens (tertiary/aromatic N) is 2. The van der Waals surface area contributed by atoms with Gasteiger partial charge in [0.1, 0.15) is 38.4 Å². The summed E-state index contributed by atoms with van der Waals surface area (Å²) in [5.74, 6) is -5.62. The molecule has 2 heterocycles. The van der Waals surface area contributed by atoms with Gasteiger partial charge in [0.25, 0.3) is 23.6 Å². The van der Waals surface area contributed by atoms with E-state index in [9.17, 15) is 57.5 Å². The van der Waals surface area contributed by atoms with E-state index in [-0.39, 0.29) is 90.3 Å². The minimum atomic E-state index is -1.29. The minimum Gasteiger partial charge on any atom is -0.448 e. The molecule has 2 atom stereocenters. The molecular weight excluding hydrogens is 965 g/mol. The van der Waals surface area contributed by atoms with Crippen molar-refractivity contribution in [3.05, 3.63) is 71.8 Å². The normalized spacial score (nSPS) is 14.3. The predicted molar refractivity (Wildman–Crippen MR) is 248 cm³/mol. The van der Waals surface area contributed by atoms with Gasteiger partial charge < -0.3 is 56.7 Å². The van der Waals surface area contributed by atoms with Crippen molar-refractivity contribution < 1.29 is 81.4 Å². The number of primary amides is 1. The molecule has 3 aliphatic rings. The Labute approximate surface area is 416 Å². The number of amides is 12. The second kappa shape index (κ2) is 28.3. The van der Waals surface area contributed by atoms with Crippen LogP contribution in [0.4, 0.5) is 19.2 Å². The zero-order valence-corrected chi connectivity index (χ0v) is 39.4. The number of alkyl carbamates (subject to hydrolysis) is 2. The van der Waals surface area contributed by atoms with Crippen LogP contribution in [0.3, 0.4) is 0 Å². The Hall–Kier alpha value is -8.62. The summed E-state index contributed by atoms with van der Waals surface area (Å²) >= 11 is 0. The molecule has 0 spiro atoms. The Balaban J connectivity index is 1.00. The van der Waals surface area contributed by atoms with E-state index in [0.717, 1.165) is 39.3 Å². The number of nitrogens with one attached hydrogen (secondary N) is 7. The van der Waals surface area contributed by atoms with Crippen molar-refractivity contribution in [3.63, 3.8) is 0 Å². The molecule has 9 N–H and O–H groups in total. The fourth-order valence-electron chi connectivity index (χ4n) is 7.46. The molecule has 1 saturated heterocycles. The predicted octanol–water partition coefficient (Wildman–Crippen LogP) is -0.464. The third-order valence-electron chi connectivity index (χ3n) is 11.0. The lowest BCUT2D eigenvalue weighted by atomic mass is 9.98. The molecule has 1 aliphatic carbocycles. The summed E-state index contributed by atoms with van der Waals surface area (Å²) in [5.41, 5.74) is 11.8. The van der Waals surface area contributed by atoms with E-state index in [1.807, 2.05) is 48.5 Å². The number of nitrogens with two attached hydrogens (primary N) is 1. The highest BCUT2D eigenvalue weighted by Crippen LogP contribution is 2.44. The maximum atomic E-state index is 13.5. The average molecular weight is 1020 g/mol. The lowest BCUT2D eigenvalue weighted by Gasteiger charge is -2.22. The highest BCUT2D eigenvalue weighted by atomic mass is 16.7. The van der Waals surface area contributed by atoms with Gasteiger partial charge in [-0.3, -0.25) is 48.1 Å². The van der Waals surface area contributed by atoms with E-state index < -0.39 is 103 Å². The Morgan fingerprint density at radius 2 is 1.15 bits per heavy atom. The highest BCUT2D eigenvalue weighted by molar-refractivity contribution is 6.14. The second-order valence-corrected chi connectivity index (χ2v) is 16.3. The minimum absolute atomic E-state index is 0.0253. The van der Waals surface area contributed by atoms with Crippen LogP contribution in [-0.4, -0.2) is 153 Å². The summed E-state index contributed by atoms with van der Waals surface area (Å²) in [6.07, 6.45) is -0.993. The quantitative estimate of drug-likeness (QED) is 0.0231. The summed E-state index contributed by atoms with van der Waals surface area (Å²) in [4.78, 5) is 157. The Morgan fingerprint density at radius 1 is 0.603 bits per heavy atom. The topological polar surface area (TPSA) is 368 Å². The monoisotopic (exact) mass is 1020 g/mol. The largest absolute Gasteiger partial charge is 0.448 e. The Kier molecular flexibility index (Phi) is 21.4. The maximum Gasteiger partial charge on any atom is 0.432 e. The van der Waals surface area contributed by atoms with Crippen LogP contribution in [-0.2, 0) is 62.2 Å². The van der Waals surface area contributed by atoms with Crippen LogP contribution in [0.5, 0.6) is 0 Å². The van der Waals surface area contributed by atoms with Crippen molar-refractivity contribution in [1.29, 1.82) is 0 Å². The van der Waals surface area contributed by atoms with Crippen molar-refractivity contribution in [1.82, 2.24) is 47.3 Å². The molecule has 2 aromatic rings. The molecule has 0 aromatic heterocycles. The molecule has 0 saturated carbocycles. The third-order valence-corrected chi connectivity index (χ3v) is 11.0. The van der Waals surface area contributed by atoms with Crippen molar-refractivity contribution in [2.75, 3.05) is 59.2 Å². The van der Waals surface area contributed by atoms with Gasteiger partial charge in [0, 0.05) is 44.0 Å². The summed E-state index contributed by atoms with van der Waals surface area (Å²) in [5, 5.41) is 14.9. The van der Waals surface area contributed by atoms with Crippen LogP contribution in [0.25, 0.3) is 11.1 Å². The van der Waals surface area contributed by atoms with Crippen molar-refractivity contribution >= 4 is 71.6 Å². The smallest absolute Gasteiger partial charge is 0.432 e. The molecular formula is C46H56N10O17. The number of hydroxylamine groups is 3. The van der Waals surface area contributed by atoms with E-state index in [2.05, 4.69) is 42.2 Å². The summed E-state index contributed by atoms with van der Waals surface area (Å²) in [7, 11) is 0. The lowest BCUT2D eigenvalue weighted by molar-refractivity contribution is -0.171. The standard InChI is InChI=1S/C46H56N10O17/c47-41(63)33(13-5-7-19-48-35(57)25-55-37(59)15-16-38(55)60)52-42(64)34(53-45(67)70-24-21-50-43(65)69-23-22-51-44(66)73-56-39(61)17-18-40(56)62)14-6-8-20-49-36(58)27-72-54-46(68)71-26-32-30-11-3-1-9-28(30)29-10-2-4-12-31(29)32/h1-4,9-12,15-16,32-34H,5-8,13-14,17-27H2,(H2,47,63)(H,48,57)(H,49,58)(H,50,65)(H,51,66)(H,52,64)(H,53,67)(H,54,68)/t33-,34-/m0/s1. The molecule has 0 bridgehead atoms. The van der Waals surface area contributed by atoms with E-state index in [0.29, 0.717) is 11.5 Å². The number of hydrogen-bond donors (Lipinski definition) is 8. The summed E-state index contributed by atoms with van der Waals surface area (Å²) in [6, 6.07) is 13.2. The van der Waals surface area contributed by atoms with Crippen LogP contribution in [0, 0.1) is 0 Å². The first-order valence-corrected chi connectivity index (χ1v) is 23.2. The molecule has 12 amide bonds. The number of ether oxygens (including phenoxy) is 3. The Bertz CT molecular complexity index is 2350.